The Morgan fingerprint density at radius 1 is 0.759 bits per heavy atom. The summed E-state index contributed by atoms with van der Waals surface area (Å²) in [6.45, 7) is 15.4. The van der Waals surface area contributed by atoms with Crippen molar-refractivity contribution in [1.29, 1.82) is 0 Å². The third kappa shape index (κ3) is 8.15. The molecule has 2 aliphatic rings. The van der Waals surface area contributed by atoms with E-state index in [0.29, 0.717) is 32.8 Å². The zero-order valence-corrected chi connectivity index (χ0v) is 33.1. The second kappa shape index (κ2) is 17.6. The summed E-state index contributed by atoms with van der Waals surface area (Å²) in [5.74, 6) is -0.0370. The van der Waals surface area contributed by atoms with Crippen LogP contribution in [0.2, 0.25) is 0 Å². The average molecular weight is 724 g/mol. The third-order valence-electron chi connectivity index (χ3n) is 11.0. The van der Waals surface area contributed by atoms with Crippen LogP contribution in [0.4, 0.5) is 11.4 Å². The van der Waals surface area contributed by atoms with Gasteiger partial charge in [0.25, 0.3) is 0 Å². The molecular formula is C48H57N3O3. The molecule has 2 aliphatic heterocycles. The van der Waals surface area contributed by atoms with Crippen LogP contribution in [0.1, 0.15) is 71.4 Å². The summed E-state index contributed by atoms with van der Waals surface area (Å²) in [6.07, 6.45) is 18.6. The van der Waals surface area contributed by atoms with Gasteiger partial charge >= 0.3 is 0 Å². The van der Waals surface area contributed by atoms with Crippen molar-refractivity contribution in [3.8, 4) is 0 Å². The lowest BCUT2D eigenvalue weighted by atomic mass is 9.79. The van der Waals surface area contributed by atoms with Gasteiger partial charge in [-0.05, 0) is 91.2 Å². The molecule has 0 bridgehead atoms. The topological polar surface area (TPSA) is 60.1 Å². The van der Waals surface area contributed by atoms with Crippen LogP contribution >= 0.6 is 0 Å². The number of methoxy groups -OCH3 is 1. The molecule has 6 rings (SSSR count). The van der Waals surface area contributed by atoms with Gasteiger partial charge in [-0.3, -0.25) is 0 Å². The zero-order chi connectivity index (χ0) is 38.1. The normalized spacial score (nSPS) is 17.4. The van der Waals surface area contributed by atoms with Crippen molar-refractivity contribution < 1.29 is 19.2 Å². The van der Waals surface area contributed by atoms with Gasteiger partial charge in [-0.2, -0.15) is 4.58 Å². The molecule has 282 valence electrons. The quantitative estimate of drug-likeness (QED) is 0.0358. The van der Waals surface area contributed by atoms with Crippen molar-refractivity contribution in [1.82, 2.24) is 0 Å². The summed E-state index contributed by atoms with van der Waals surface area (Å²) < 4.78 is 12.9. The molecular weight excluding hydrogens is 667 g/mol. The van der Waals surface area contributed by atoms with Crippen LogP contribution in [-0.4, -0.2) is 62.7 Å². The van der Waals surface area contributed by atoms with Crippen LogP contribution < -0.4 is 10.0 Å². The first kappa shape index (κ1) is 38.9. The van der Waals surface area contributed by atoms with Gasteiger partial charge in [-0.1, -0.05) is 98.8 Å². The minimum atomic E-state index is -0.169. The van der Waals surface area contributed by atoms with E-state index in [1.165, 1.54) is 55.5 Å². The number of allylic oxidation sites excluding steroid dienone is 8. The number of unbranched alkanes of at least 4 members (excludes halogenated alkanes) is 2. The van der Waals surface area contributed by atoms with Gasteiger partial charge in [0.1, 0.15) is 6.54 Å². The van der Waals surface area contributed by atoms with Gasteiger partial charge in [-0.25, -0.2) is 0 Å². The van der Waals surface area contributed by atoms with E-state index < -0.39 is 0 Å². The van der Waals surface area contributed by atoms with Gasteiger partial charge in [-0.15, -0.1) is 0 Å². The molecule has 4 aromatic rings. The number of nitrogens with zero attached hydrogens (tertiary/aromatic N) is 3. The second-order valence-electron chi connectivity index (χ2n) is 15.3. The number of hydrogen-bond donors (Lipinski definition) is 0. The van der Waals surface area contributed by atoms with Gasteiger partial charge in [0.15, 0.2) is 5.71 Å². The highest BCUT2D eigenvalue weighted by molar-refractivity contribution is 6.07. The van der Waals surface area contributed by atoms with E-state index in [0.717, 1.165) is 32.4 Å². The number of ether oxygens (including phenoxy) is 2. The summed E-state index contributed by atoms with van der Waals surface area (Å²) in [5, 5.41) is 17.5. The fraction of sp³-hybridized carbons (Fsp3) is 0.375. The van der Waals surface area contributed by atoms with Crippen molar-refractivity contribution in [2.45, 2.75) is 71.1 Å². The standard InChI is InChI=1S/C48H57N3O3/c1-7-50-40-29-27-36-20-15-17-22-38(36)45(40)47(2,3)42(50)24-12-9-8-10-13-25-43-48(4,5)46-39-23-18-16-21-37(39)28-30-41(46)51(43)32-19-11-14-26-44(52)49-31-33-54-35-34-53-6/h8-10,12-13,15-18,20-25,27-30H,7,11,14,19,26,31-35H2,1-6H3. The molecule has 0 atom stereocenters. The third-order valence-corrected chi connectivity index (χ3v) is 11.0. The van der Waals surface area contributed by atoms with Crippen LogP contribution in [0.5, 0.6) is 0 Å². The Balaban J connectivity index is 1.15. The Morgan fingerprint density at radius 3 is 2.19 bits per heavy atom. The van der Waals surface area contributed by atoms with E-state index in [9.17, 15) is 5.11 Å². The first-order valence-electron chi connectivity index (χ1n) is 19.7. The summed E-state index contributed by atoms with van der Waals surface area (Å²) in [7, 11) is 1.65. The fourth-order valence-corrected chi connectivity index (χ4v) is 8.42. The van der Waals surface area contributed by atoms with Crippen molar-refractivity contribution in [2.24, 2.45) is 4.99 Å². The molecule has 0 radical (unpaired) electrons. The van der Waals surface area contributed by atoms with Crippen LogP contribution in [-0.2, 0) is 20.3 Å². The number of fused-ring (bicyclic) bond motifs is 6. The minimum absolute atomic E-state index is 0.0370. The van der Waals surface area contributed by atoms with Crippen LogP contribution in [0.25, 0.3) is 21.5 Å². The average Bonchev–Trinajstić information content (AvgIpc) is 3.53. The summed E-state index contributed by atoms with van der Waals surface area (Å²) in [5.41, 5.74) is 7.73. The van der Waals surface area contributed by atoms with Gasteiger partial charge in [0.05, 0.1) is 31.8 Å². The lowest BCUT2D eigenvalue weighted by Gasteiger charge is -2.26. The molecule has 0 fully saturated rings. The smallest absolute Gasteiger partial charge is 0.210 e. The van der Waals surface area contributed by atoms with E-state index in [4.69, 9.17) is 9.47 Å². The molecule has 0 aliphatic carbocycles. The molecule has 0 unspecified atom stereocenters. The first-order chi connectivity index (χ1) is 26.2. The number of benzene rings is 4. The highest BCUT2D eigenvalue weighted by Gasteiger charge is 2.45. The Bertz CT molecular complexity index is 2130. The second-order valence-corrected chi connectivity index (χ2v) is 15.3. The Hall–Kier alpha value is -4.78. The lowest BCUT2D eigenvalue weighted by molar-refractivity contribution is -0.438. The number of aliphatic imine (C=N–C) groups is 1. The molecule has 0 N–H and O–H groups in total. The Kier molecular flexibility index (Phi) is 12.7. The van der Waals surface area contributed by atoms with Crippen molar-refractivity contribution in [3.63, 3.8) is 0 Å². The van der Waals surface area contributed by atoms with E-state index in [1.54, 1.807) is 7.11 Å². The predicted octanol–water partition coefficient (Wildman–Crippen LogP) is 9.72. The van der Waals surface area contributed by atoms with E-state index >= 15 is 0 Å². The molecule has 0 aromatic heterocycles. The minimum Gasteiger partial charge on any atom is -0.862 e. The molecule has 6 nitrogen and oxygen atoms in total. The molecule has 2 heterocycles. The zero-order valence-electron chi connectivity index (χ0n) is 33.1. The fourth-order valence-electron chi connectivity index (χ4n) is 8.42. The largest absolute Gasteiger partial charge is 0.862 e. The molecule has 6 heteroatoms. The molecule has 0 amide bonds. The van der Waals surface area contributed by atoms with Crippen LogP contribution in [0.3, 0.4) is 0 Å². The Morgan fingerprint density at radius 2 is 1.44 bits per heavy atom. The van der Waals surface area contributed by atoms with Gasteiger partial charge < -0.3 is 24.5 Å². The lowest BCUT2D eigenvalue weighted by Crippen LogP contribution is -2.28. The maximum absolute atomic E-state index is 12.3. The first-order valence-corrected chi connectivity index (χ1v) is 19.7. The molecule has 4 aromatic carbocycles. The highest BCUT2D eigenvalue weighted by Crippen LogP contribution is 2.50. The maximum Gasteiger partial charge on any atom is 0.210 e. The van der Waals surface area contributed by atoms with Crippen LogP contribution in [0, 0.1) is 0 Å². The van der Waals surface area contributed by atoms with Gasteiger partial charge in [0, 0.05) is 54.6 Å². The number of hydrogen-bond acceptors (Lipinski definition) is 5. The summed E-state index contributed by atoms with van der Waals surface area (Å²) in [6, 6.07) is 26.5. The highest BCUT2D eigenvalue weighted by atomic mass is 16.5. The Labute approximate surface area is 322 Å². The van der Waals surface area contributed by atoms with Crippen molar-refractivity contribution >= 4 is 44.5 Å². The molecule has 0 saturated carbocycles. The predicted molar refractivity (Wildman–Crippen MR) is 226 cm³/mol. The van der Waals surface area contributed by atoms with E-state index in [1.807, 2.05) is 0 Å². The number of rotatable bonds is 17. The molecule has 54 heavy (non-hydrogen) atoms. The van der Waals surface area contributed by atoms with Gasteiger partial charge in [0.2, 0.25) is 5.69 Å². The number of anilines is 1. The molecule has 0 spiro atoms. The van der Waals surface area contributed by atoms with Crippen molar-refractivity contribution in [2.75, 3.05) is 51.5 Å². The maximum atomic E-state index is 12.3. The SMILES string of the molecule is CCN1/C(=C/C=C/C=C/C=C/C2=[N+](CCCCCC([O-])=NCCOCCOC)c3ccc4ccccc4c3C2(C)C)C(C)(C)c2c1ccc1ccccc21. The van der Waals surface area contributed by atoms with E-state index in [-0.39, 0.29) is 16.7 Å². The summed E-state index contributed by atoms with van der Waals surface area (Å²) >= 11 is 0. The monoisotopic (exact) mass is 723 g/mol. The van der Waals surface area contributed by atoms with Crippen molar-refractivity contribution in [3.05, 3.63) is 132 Å². The van der Waals surface area contributed by atoms with E-state index in [2.05, 4.69) is 164 Å². The summed E-state index contributed by atoms with van der Waals surface area (Å²) in [4.78, 5) is 6.61. The number of likely N-dealkylation sites (N-methyl/N-ethyl adjacent to an activating group) is 1. The van der Waals surface area contributed by atoms with Crippen LogP contribution in [0.15, 0.2) is 126 Å². The molecule has 0 saturated heterocycles.